The van der Waals surface area contributed by atoms with Crippen molar-refractivity contribution in [1.82, 2.24) is 9.55 Å². The molecule has 0 bridgehead atoms. The van der Waals surface area contributed by atoms with Gasteiger partial charge in [-0.25, -0.2) is 4.98 Å². The Hall–Kier alpha value is -2.10. The molecule has 0 unspecified atom stereocenters. The highest BCUT2D eigenvalue weighted by Gasteiger charge is 2.23. The predicted octanol–water partition coefficient (Wildman–Crippen LogP) is 4.33. The molecule has 0 aliphatic heterocycles. The van der Waals surface area contributed by atoms with Crippen molar-refractivity contribution in [1.29, 1.82) is 5.26 Å². The van der Waals surface area contributed by atoms with Crippen LogP contribution in [0.2, 0.25) is 0 Å². The van der Waals surface area contributed by atoms with Gasteiger partial charge in [0.15, 0.2) is 5.16 Å². The fourth-order valence-corrected chi connectivity index (χ4v) is 5.50. The Bertz CT molecular complexity index is 1020. The number of benzene rings is 1. The van der Waals surface area contributed by atoms with Crippen LogP contribution in [0.5, 0.6) is 0 Å². The van der Waals surface area contributed by atoms with Crippen molar-refractivity contribution in [2.75, 3.05) is 5.75 Å². The molecule has 0 fully saturated rings. The van der Waals surface area contributed by atoms with Gasteiger partial charge in [-0.15, -0.1) is 11.3 Å². The van der Waals surface area contributed by atoms with Crippen LogP contribution >= 0.6 is 23.1 Å². The van der Waals surface area contributed by atoms with Crippen molar-refractivity contribution >= 4 is 33.3 Å². The predicted molar refractivity (Wildman–Crippen MR) is 103 cm³/mol. The summed E-state index contributed by atoms with van der Waals surface area (Å²) >= 11 is 3.23. The third-order valence-corrected chi connectivity index (χ3v) is 6.60. The van der Waals surface area contributed by atoms with Crippen LogP contribution in [0.3, 0.4) is 0 Å². The molecule has 0 atom stereocenters. The van der Waals surface area contributed by atoms with Crippen LogP contribution in [0.1, 0.15) is 29.7 Å². The molecule has 0 saturated carbocycles. The fraction of sp³-hybridized carbons (Fsp3) is 0.316. The SMILES string of the molecule is N#CCCCSc1nc2sc3c(c2c(=O)n1-c1ccccc1)CCC3. The second kappa shape index (κ2) is 7.03. The summed E-state index contributed by atoms with van der Waals surface area (Å²) in [5.41, 5.74) is 2.10. The van der Waals surface area contributed by atoms with Crippen molar-refractivity contribution < 1.29 is 0 Å². The van der Waals surface area contributed by atoms with Gasteiger partial charge >= 0.3 is 0 Å². The number of aryl methyl sites for hydroxylation is 2. The summed E-state index contributed by atoms with van der Waals surface area (Å²) < 4.78 is 1.74. The van der Waals surface area contributed by atoms with E-state index in [-0.39, 0.29) is 5.56 Å². The zero-order valence-electron chi connectivity index (χ0n) is 13.7. The van der Waals surface area contributed by atoms with Crippen molar-refractivity contribution in [2.45, 2.75) is 37.3 Å². The molecule has 2 aromatic heterocycles. The molecular weight excluding hydrogens is 350 g/mol. The minimum Gasteiger partial charge on any atom is -0.268 e. The van der Waals surface area contributed by atoms with Gasteiger partial charge in [0.25, 0.3) is 5.56 Å². The normalized spacial score (nSPS) is 13.1. The minimum atomic E-state index is 0.0402. The molecule has 3 aromatic rings. The summed E-state index contributed by atoms with van der Waals surface area (Å²) in [6.07, 6.45) is 4.50. The number of para-hydroxylation sites is 1. The summed E-state index contributed by atoms with van der Waals surface area (Å²) in [5, 5.41) is 10.3. The second-order valence-corrected chi connectivity index (χ2v) is 8.16. The Kier molecular flexibility index (Phi) is 4.60. The molecule has 0 N–H and O–H groups in total. The molecule has 0 spiro atoms. The molecule has 2 heterocycles. The number of thioether (sulfide) groups is 1. The molecule has 1 aliphatic carbocycles. The summed E-state index contributed by atoms with van der Waals surface area (Å²) in [7, 11) is 0. The van der Waals surface area contributed by atoms with Gasteiger partial charge in [-0.05, 0) is 43.4 Å². The number of unbranched alkanes of at least 4 members (excludes halogenated alkanes) is 1. The van der Waals surface area contributed by atoms with Crippen LogP contribution in [0.25, 0.3) is 15.9 Å². The number of aromatic nitrogens is 2. The molecule has 4 nitrogen and oxygen atoms in total. The monoisotopic (exact) mass is 367 g/mol. The lowest BCUT2D eigenvalue weighted by atomic mass is 10.2. The van der Waals surface area contributed by atoms with Crippen LogP contribution in [-0.2, 0) is 12.8 Å². The second-order valence-electron chi connectivity index (χ2n) is 6.02. The minimum absolute atomic E-state index is 0.0402. The van der Waals surface area contributed by atoms with Gasteiger partial charge in [0.2, 0.25) is 0 Å². The fourth-order valence-electron chi connectivity index (χ4n) is 3.24. The molecule has 25 heavy (non-hydrogen) atoms. The lowest BCUT2D eigenvalue weighted by molar-refractivity contribution is 0.818. The molecular formula is C19H17N3OS2. The average molecular weight is 367 g/mol. The Labute approximate surface area is 154 Å². The Morgan fingerprint density at radius 3 is 2.92 bits per heavy atom. The maximum atomic E-state index is 13.3. The highest BCUT2D eigenvalue weighted by molar-refractivity contribution is 7.99. The molecule has 1 aromatic carbocycles. The summed E-state index contributed by atoms with van der Waals surface area (Å²) in [6.45, 7) is 0. The summed E-state index contributed by atoms with van der Waals surface area (Å²) in [5.74, 6) is 0.781. The lowest BCUT2D eigenvalue weighted by Crippen LogP contribution is -2.21. The van der Waals surface area contributed by atoms with Crippen LogP contribution < -0.4 is 5.56 Å². The third kappa shape index (κ3) is 2.99. The van der Waals surface area contributed by atoms with Gasteiger partial charge in [0, 0.05) is 17.1 Å². The van der Waals surface area contributed by atoms with E-state index < -0.39 is 0 Å². The number of nitrogens with zero attached hydrogens (tertiary/aromatic N) is 3. The van der Waals surface area contributed by atoms with E-state index in [2.05, 4.69) is 6.07 Å². The third-order valence-electron chi connectivity index (χ3n) is 4.39. The largest absolute Gasteiger partial charge is 0.268 e. The van der Waals surface area contributed by atoms with Crippen LogP contribution in [0.4, 0.5) is 0 Å². The zero-order valence-corrected chi connectivity index (χ0v) is 15.3. The highest BCUT2D eigenvalue weighted by atomic mass is 32.2. The first-order chi connectivity index (χ1) is 12.3. The van der Waals surface area contributed by atoms with Crippen molar-refractivity contribution in [3.8, 4) is 11.8 Å². The molecule has 4 rings (SSSR count). The molecule has 126 valence electrons. The molecule has 0 radical (unpaired) electrons. The van der Waals surface area contributed by atoms with Crippen molar-refractivity contribution in [3.05, 3.63) is 51.1 Å². The highest BCUT2D eigenvalue weighted by Crippen LogP contribution is 2.36. The standard InChI is InChI=1S/C19H17N3OS2/c20-11-4-5-12-24-19-21-17-16(14-9-6-10-15(14)25-17)18(23)22(19)13-7-2-1-3-8-13/h1-3,7-8H,4-6,9-10,12H2. The van der Waals surface area contributed by atoms with E-state index in [1.165, 1.54) is 10.4 Å². The first-order valence-electron chi connectivity index (χ1n) is 8.42. The molecule has 1 aliphatic rings. The topological polar surface area (TPSA) is 58.7 Å². The molecule has 6 heteroatoms. The van der Waals surface area contributed by atoms with Gasteiger partial charge in [0.05, 0.1) is 17.1 Å². The summed E-state index contributed by atoms with van der Waals surface area (Å²) in [4.78, 5) is 20.3. The van der Waals surface area contributed by atoms with Crippen LogP contribution in [0.15, 0.2) is 40.3 Å². The summed E-state index contributed by atoms with van der Waals surface area (Å²) in [6, 6.07) is 11.9. The van der Waals surface area contributed by atoms with E-state index in [1.807, 2.05) is 30.3 Å². The van der Waals surface area contributed by atoms with Crippen molar-refractivity contribution in [2.24, 2.45) is 0 Å². The lowest BCUT2D eigenvalue weighted by Gasteiger charge is -2.12. The van der Waals surface area contributed by atoms with Gasteiger partial charge < -0.3 is 0 Å². The molecule has 0 amide bonds. The number of rotatable bonds is 5. The smallest absolute Gasteiger partial charge is 0.267 e. The zero-order chi connectivity index (χ0) is 17.2. The molecule has 0 saturated heterocycles. The maximum absolute atomic E-state index is 13.3. The quantitative estimate of drug-likeness (QED) is 0.382. The van der Waals surface area contributed by atoms with Gasteiger partial charge in [-0.1, -0.05) is 30.0 Å². The van der Waals surface area contributed by atoms with Crippen LogP contribution in [-0.4, -0.2) is 15.3 Å². The number of thiophene rings is 1. The Balaban J connectivity index is 1.87. The van der Waals surface area contributed by atoms with E-state index in [9.17, 15) is 4.79 Å². The van der Waals surface area contributed by atoms with Gasteiger partial charge in [-0.2, -0.15) is 5.26 Å². The van der Waals surface area contributed by atoms with E-state index in [0.29, 0.717) is 6.42 Å². The number of hydrogen-bond acceptors (Lipinski definition) is 5. The van der Waals surface area contributed by atoms with Crippen LogP contribution in [0, 0.1) is 11.3 Å². The maximum Gasteiger partial charge on any atom is 0.267 e. The number of hydrogen-bond donors (Lipinski definition) is 0. The Morgan fingerprint density at radius 1 is 1.28 bits per heavy atom. The average Bonchev–Trinajstić information content (AvgIpc) is 3.20. The van der Waals surface area contributed by atoms with Gasteiger partial charge in [-0.3, -0.25) is 9.36 Å². The first kappa shape index (κ1) is 16.4. The van der Waals surface area contributed by atoms with E-state index >= 15 is 0 Å². The van der Waals surface area contributed by atoms with E-state index in [0.717, 1.165) is 52.5 Å². The van der Waals surface area contributed by atoms with E-state index in [4.69, 9.17) is 10.2 Å². The number of fused-ring (bicyclic) bond motifs is 3. The Morgan fingerprint density at radius 2 is 2.12 bits per heavy atom. The van der Waals surface area contributed by atoms with Crippen molar-refractivity contribution in [3.63, 3.8) is 0 Å². The first-order valence-corrected chi connectivity index (χ1v) is 10.2. The van der Waals surface area contributed by atoms with E-state index in [1.54, 1.807) is 27.7 Å². The number of nitriles is 1. The van der Waals surface area contributed by atoms with Gasteiger partial charge in [0.1, 0.15) is 4.83 Å².